The van der Waals surface area contributed by atoms with Crippen LogP contribution in [-0.4, -0.2) is 30.1 Å². The number of rotatable bonds is 5. The monoisotopic (exact) mass is 525 g/mol. The molecule has 0 saturated carbocycles. The average molecular weight is 526 g/mol. The van der Waals surface area contributed by atoms with Crippen LogP contribution in [0.4, 0.5) is 24.8 Å². The van der Waals surface area contributed by atoms with E-state index in [1.54, 1.807) is 48.3 Å². The number of fused-ring (bicyclic) bond motifs is 1. The van der Waals surface area contributed by atoms with Gasteiger partial charge in [0.15, 0.2) is 11.6 Å². The van der Waals surface area contributed by atoms with Crippen molar-refractivity contribution >= 4 is 34.7 Å². The van der Waals surface area contributed by atoms with Gasteiger partial charge in [0.2, 0.25) is 0 Å². The van der Waals surface area contributed by atoms with E-state index in [0.717, 1.165) is 22.5 Å². The number of anilines is 2. The third-order valence-electron chi connectivity index (χ3n) is 5.82. The van der Waals surface area contributed by atoms with E-state index in [1.807, 2.05) is 12.1 Å². The first-order valence-corrected chi connectivity index (χ1v) is 11.4. The lowest BCUT2D eigenvalue weighted by molar-refractivity contribution is -0.136. The zero-order valence-corrected chi connectivity index (χ0v) is 20.0. The number of aryl methyl sites for hydroxylation is 1. The standard InChI is InChI=1S/C25H19ClF3N7O/c1-14-2-5-16(20-9-19(25(27,28)29)22-23(30)31-12-33-36(20)22)8-18(14)24(37)34-21-11-35(13-32-21)10-15-3-6-17(26)7-4-15/h2-9,11-13H,10H2,1H3,(H,34,37)(H2,30,31,33). The predicted octanol–water partition coefficient (Wildman–Crippen LogP) is 5.46. The SMILES string of the molecule is Cc1ccc(-c2cc(C(F)(F)F)c3c(N)ncnn23)cc1C(=O)Nc1cn(Cc2ccc(Cl)cc2)cn1. The summed E-state index contributed by atoms with van der Waals surface area (Å²) in [6.45, 7) is 2.26. The minimum absolute atomic E-state index is 0.123. The largest absolute Gasteiger partial charge is 0.418 e. The Balaban J connectivity index is 1.44. The van der Waals surface area contributed by atoms with E-state index >= 15 is 0 Å². The van der Waals surface area contributed by atoms with Gasteiger partial charge in [-0.05, 0) is 42.3 Å². The quantitative estimate of drug-likeness (QED) is 0.317. The van der Waals surface area contributed by atoms with Gasteiger partial charge in [0.25, 0.3) is 5.91 Å². The topological polar surface area (TPSA) is 103 Å². The van der Waals surface area contributed by atoms with Gasteiger partial charge in [-0.25, -0.2) is 14.5 Å². The second-order valence-corrected chi connectivity index (χ2v) is 8.82. The van der Waals surface area contributed by atoms with Crippen LogP contribution < -0.4 is 11.1 Å². The number of carbonyl (C=O) groups is 1. The Kier molecular flexibility index (Phi) is 6.08. The predicted molar refractivity (Wildman–Crippen MR) is 133 cm³/mol. The summed E-state index contributed by atoms with van der Waals surface area (Å²) in [4.78, 5) is 21.0. The van der Waals surface area contributed by atoms with Crippen LogP contribution in [0.1, 0.15) is 27.0 Å². The number of aromatic nitrogens is 5. The maximum Gasteiger partial charge on any atom is 0.418 e. The smallest absolute Gasteiger partial charge is 0.382 e. The van der Waals surface area contributed by atoms with Gasteiger partial charge in [-0.1, -0.05) is 35.9 Å². The number of amides is 1. The van der Waals surface area contributed by atoms with Crippen LogP contribution in [0.2, 0.25) is 5.02 Å². The molecule has 3 heterocycles. The summed E-state index contributed by atoms with van der Waals surface area (Å²) in [6.07, 6.45) is -0.323. The molecule has 12 heteroatoms. The number of nitrogen functional groups attached to an aromatic ring is 1. The van der Waals surface area contributed by atoms with Crippen LogP contribution in [0.3, 0.4) is 0 Å². The number of imidazole rings is 1. The minimum atomic E-state index is -4.67. The van der Waals surface area contributed by atoms with Crippen molar-refractivity contribution in [3.63, 3.8) is 0 Å². The Labute approximate surface area is 213 Å². The number of nitrogens with two attached hydrogens (primary N) is 1. The number of nitrogens with one attached hydrogen (secondary N) is 1. The van der Waals surface area contributed by atoms with Gasteiger partial charge in [0, 0.05) is 28.9 Å². The zero-order chi connectivity index (χ0) is 26.3. The first-order valence-electron chi connectivity index (χ1n) is 11.0. The van der Waals surface area contributed by atoms with Gasteiger partial charge in [-0.3, -0.25) is 4.79 Å². The Morgan fingerprint density at radius 3 is 2.59 bits per heavy atom. The highest BCUT2D eigenvalue weighted by atomic mass is 35.5. The molecule has 3 aromatic heterocycles. The van der Waals surface area contributed by atoms with Crippen LogP contribution >= 0.6 is 11.6 Å². The van der Waals surface area contributed by atoms with Crippen molar-refractivity contribution in [1.82, 2.24) is 24.1 Å². The first kappa shape index (κ1) is 24.3. The second-order valence-electron chi connectivity index (χ2n) is 8.39. The molecule has 5 rings (SSSR count). The molecule has 37 heavy (non-hydrogen) atoms. The molecule has 5 aromatic rings. The molecule has 188 valence electrons. The number of carbonyl (C=O) groups excluding carboxylic acids is 1. The van der Waals surface area contributed by atoms with E-state index in [9.17, 15) is 18.0 Å². The molecule has 0 spiro atoms. The zero-order valence-electron chi connectivity index (χ0n) is 19.3. The van der Waals surface area contributed by atoms with Crippen molar-refractivity contribution in [3.8, 4) is 11.3 Å². The van der Waals surface area contributed by atoms with Crippen molar-refractivity contribution < 1.29 is 18.0 Å². The highest BCUT2D eigenvalue weighted by molar-refractivity contribution is 6.30. The Bertz CT molecular complexity index is 1620. The van der Waals surface area contributed by atoms with Gasteiger partial charge < -0.3 is 15.6 Å². The summed E-state index contributed by atoms with van der Waals surface area (Å²) >= 11 is 5.92. The van der Waals surface area contributed by atoms with Gasteiger partial charge in [0.1, 0.15) is 11.8 Å². The molecule has 3 N–H and O–H groups in total. The van der Waals surface area contributed by atoms with Crippen LogP contribution in [0.5, 0.6) is 0 Å². The molecular formula is C25H19ClF3N7O. The van der Waals surface area contributed by atoms with E-state index < -0.39 is 17.6 Å². The van der Waals surface area contributed by atoms with E-state index in [0.29, 0.717) is 28.5 Å². The van der Waals surface area contributed by atoms with E-state index in [2.05, 4.69) is 20.4 Å². The molecule has 0 saturated heterocycles. The van der Waals surface area contributed by atoms with Crippen molar-refractivity contribution in [2.45, 2.75) is 19.6 Å². The number of nitrogens with zero attached hydrogens (tertiary/aromatic N) is 5. The van der Waals surface area contributed by atoms with Gasteiger partial charge in [0.05, 0.1) is 17.6 Å². The molecule has 0 unspecified atom stereocenters. The summed E-state index contributed by atoms with van der Waals surface area (Å²) in [7, 11) is 0. The Hall–Kier alpha value is -4.38. The normalized spacial score (nSPS) is 11.7. The maximum absolute atomic E-state index is 13.7. The van der Waals surface area contributed by atoms with Crippen molar-refractivity contribution in [1.29, 1.82) is 0 Å². The molecule has 0 aliphatic heterocycles. The number of halogens is 4. The molecule has 0 atom stereocenters. The molecule has 0 fully saturated rings. The lowest BCUT2D eigenvalue weighted by Gasteiger charge is -2.09. The number of alkyl halides is 3. The molecule has 8 nitrogen and oxygen atoms in total. The van der Waals surface area contributed by atoms with Crippen LogP contribution in [0.25, 0.3) is 16.8 Å². The summed E-state index contributed by atoms with van der Waals surface area (Å²) in [6, 6.07) is 13.1. The lowest BCUT2D eigenvalue weighted by Crippen LogP contribution is -2.14. The van der Waals surface area contributed by atoms with Gasteiger partial charge in [-0.2, -0.15) is 18.3 Å². The van der Waals surface area contributed by atoms with E-state index in [1.165, 1.54) is 6.07 Å². The lowest BCUT2D eigenvalue weighted by atomic mass is 10.0. The maximum atomic E-state index is 13.7. The molecular weight excluding hydrogens is 507 g/mol. The molecule has 0 radical (unpaired) electrons. The summed E-state index contributed by atoms with van der Waals surface area (Å²) in [5.74, 6) is -0.424. The highest BCUT2D eigenvalue weighted by Crippen LogP contribution is 2.38. The van der Waals surface area contributed by atoms with E-state index in [4.69, 9.17) is 17.3 Å². The molecule has 0 bridgehead atoms. The van der Waals surface area contributed by atoms with E-state index in [-0.39, 0.29) is 22.6 Å². The number of hydrogen-bond donors (Lipinski definition) is 2. The molecule has 0 aliphatic carbocycles. The fourth-order valence-corrected chi connectivity index (χ4v) is 4.14. The second kappa shape index (κ2) is 9.25. The third-order valence-corrected chi connectivity index (χ3v) is 6.07. The fourth-order valence-electron chi connectivity index (χ4n) is 4.01. The first-order chi connectivity index (χ1) is 17.6. The number of benzene rings is 2. The third kappa shape index (κ3) is 4.85. The summed E-state index contributed by atoms with van der Waals surface area (Å²) in [5, 5.41) is 7.35. The van der Waals surface area contributed by atoms with Gasteiger partial charge >= 0.3 is 6.18 Å². The van der Waals surface area contributed by atoms with Crippen LogP contribution in [-0.2, 0) is 12.7 Å². The number of hydrogen-bond acceptors (Lipinski definition) is 5. The molecule has 2 aromatic carbocycles. The molecule has 0 aliphatic rings. The van der Waals surface area contributed by atoms with Crippen LogP contribution in [0.15, 0.2) is 67.4 Å². The van der Waals surface area contributed by atoms with Crippen molar-refractivity contribution in [3.05, 3.63) is 94.7 Å². The Morgan fingerprint density at radius 2 is 1.86 bits per heavy atom. The average Bonchev–Trinajstić information content (AvgIpc) is 3.46. The minimum Gasteiger partial charge on any atom is -0.382 e. The van der Waals surface area contributed by atoms with Gasteiger partial charge in [-0.15, -0.1) is 0 Å². The fraction of sp³-hybridized carbons (Fsp3) is 0.120. The highest BCUT2D eigenvalue weighted by Gasteiger charge is 2.36. The van der Waals surface area contributed by atoms with Crippen LogP contribution in [0, 0.1) is 6.92 Å². The molecule has 1 amide bonds. The van der Waals surface area contributed by atoms with Crippen molar-refractivity contribution in [2.75, 3.05) is 11.1 Å². The summed E-state index contributed by atoms with van der Waals surface area (Å²) in [5.41, 5.74) is 6.82. The Morgan fingerprint density at radius 1 is 1.11 bits per heavy atom. The summed E-state index contributed by atoms with van der Waals surface area (Å²) < 4.78 is 44.0. The van der Waals surface area contributed by atoms with Crippen molar-refractivity contribution in [2.24, 2.45) is 0 Å².